The molecule has 2 heterocycles. The monoisotopic (exact) mass is 514 g/mol. The number of hydrogen-bond donors (Lipinski definition) is 4. The Balaban J connectivity index is 1.50. The van der Waals surface area contributed by atoms with Gasteiger partial charge in [0.1, 0.15) is 11.5 Å². The lowest BCUT2D eigenvalue weighted by atomic mass is 9.84. The number of anilines is 1. The fraction of sp³-hybridized carbons (Fsp3) is 0.360. The van der Waals surface area contributed by atoms with Gasteiger partial charge in [0.05, 0.1) is 22.9 Å². The molecule has 9 nitrogen and oxygen atoms in total. The number of nitrogens with two attached hydrogens (primary N) is 1. The molecule has 1 atom stereocenters. The van der Waals surface area contributed by atoms with Gasteiger partial charge in [-0.2, -0.15) is 0 Å². The van der Waals surface area contributed by atoms with E-state index in [1.165, 1.54) is 24.6 Å². The Morgan fingerprint density at radius 1 is 1.11 bits per heavy atom. The number of nitrogens with one attached hydrogen (secondary N) is 3. The van der Waals surface area contributed by atoms with Crippen LogP contribution in [0.15, 0.2) is 47.5 Å². The van der Waals surface area contributed by atoms with Crippen LogP contribution in [-0.2, 0) is 15.1 Å². The lowest BCUT2D eigenvalue weighted by Gasteiger charge is -2.29. The van der Waals surface area contributed by atoms with E-state index in [0.29, 0.717) is 13.1 Å². The topological polar surface area (TPSA) is 129 Å². The average molecular weight is 515 g/mol. The van der Waals surface area contributed by atoms with Crippen LogP contribution < -0.4 is 21.7 Å². The predicted molar refractivity (Wildman–Crippen MR) is 135 cm³/mol. The number of carbonyl (C=O) groups excluding carboxylic acids is 3. The third-order valence-corrected chi connectivity index (χ3v) is 6.78. The number of rotatable bonds is 8. The van der Waals surface area contributed by atoms with Gasteiger partial charge in [0.15, 0.2) is 5.54 Å². The van der Waals surface area contributed by atoms with Crippen LogP contribution in [0.4, 0.5) is 10.1 Å². The minimum absolute atomic E-state index is 0.0373. The van der Waals surface area contributed by atoms with Crippen molar-refractivity contribution in [2.24, 2.45) is 10.7 Å². The highest BCUT2D eigenvalue weighted by atomic mass is 35.5. The number of nitrogens with zero attached hydrogens (tertiary/aromatic N) is 2. The van der Waals surface area contributed by atoms with Crippen molar-refractivity contribution in [3.05, 3.63) is 64.4 Å². The minimum atomic E-state index is -1.80. The molecule has 2 aliphatic heterocycles. The van der Waals surface area contributed by atoms with Crippen LogP contribution in [-0.4, -0.2) is 61.2 Å². The molecule has 0 aliphatic carbocycles. The van der Waals surface area contributed by atoms with Crippen LogP contribution in [0.2, 0.25) is 5.02 Å². The van der Waals surface area contributed by atoms with E-state index in [9.17, 15) is 14.4 Å². The third kappa shape index (κ3) is 5.25. The van der Waals surface area contributed by atoms with Crippen molar-refractivity contribution < 1.29 is 18.8 Å². The summed E-state index contributed by atoms with van der Waals surface area (Å²) in [6.07, 6.45) is 3.48. The molecule has 1 unspecified atom stereocenters. The molecular formula is C25H28ClFN6O3. The SMILES string of the molecule is NC(=O)C1(c2ccc(NC(=O)c3ccccc3Cl)c(F)c2)NCN=C1C(=O)NCCN1CCCCC1. The van der Waals surface area contributed by atoms with Crippen LogP contribution >= 0.6 is 11.6 Å². The van der Waals surface area contributed by atoms with Crippen molar-refractivity contribution in [3.8, 4) is 0 Å². The van der Waals surface area contributed by atoms with Crippen molar-refractivity contribution in [3.63, 3.8) is 0 Å². The largest absolute Gasteiger partial charge is 0.367 e. The first-order valence-electron chi connectivity index (χ1n) is 11.8. The van der Waals surface area contributed by atoms with E-state index < -0.39 is 29.1 Å². The van der Waals surface area contributed by atoms with Crippen LogP contribution in [0.1, 0.15) is 35.2 Å². The number of hydrogen-bond acceptors (Lipinski definition) is 6. The summed E-state index contributed by atoms with van der Waals surface area (Å²) >= 11 is 6.05. The zero-order valence-electron chi connectivity index (χ0n) is 19.7. The van der Waals surface area contributed by atoms with Gasteiger partial charge < -0.3 is 21.3 Å². The quantitative estimate of drug-likeness (QED) is 0.428. The fourth-order valence-corrected chi connectivity index (χ4v) is 4.77. The summed E-state index contributed by atoms with van der Waals surface area (Å²) in [5, 5.41) is 8.36. The van der Waals surface area contributed by atoms with Crippen molar-refractivity contribution >= 4 is 40.7 Å². The summed E-state index contributed by atoms with van der Waals surface area (Å²) in [7, 11) is 0. The highest BCUT2D eigenvalue weighted by Crippen LogP contribution is 2.30. The van der Waals surface area contributed by atoms with Gasteiger partial charge in [0.25, 0.3) is 11.8 Å². The predicted octanol–water partition coefficient (Wildman–Crippen LogP) is 2.02. The Bertz CT molecular complexity index is 1200. The first-order chi connectivity index (χ1) is 17.3. The van der Waals surface area contributed by atoms with Crippen molar-refractivity contribution in [2.45, 2.75) is 24.8 Å². The van der Waals surface area contributed by atoms with E-state index in [2.05, 4.69) is 25.8 Å². The lowest BCUT2D eigenvalue weighted by Crippen LogP contribution is -2.58. The maximum absolute atomic E-state index is 15.1. The van der Waals surface area contributed by atoms with Gasteiger partial charge in [-0.3, -0.25) is 24.7 Å². The molecule has 3 amide bonds. The molecule has 36 heavy (non-hydrogen) atoms. The molecule has 1 fully saturated rings. The van der Waals surface area contributed by atoms with Gasteiger partial charge in [-0.1, -0.05) is 36.2 Å². The van der Waals surface area contributed by atoms with Gasteiger partial charge in [-0.25, -0.2) is 4.39 Å². The third-order valence-electron chi connectivity index (χ3n) is 6.45. The van der Waals surface area contributed by atoms with Crippen molar-refractivity contribution in [1.29, 1.82) is 0 Å². The molecule has 2 aromatic carbocycles. The van der Waals surface area contributed by atoms with Crippen LogP contribution in [0.25, 0.3) is 0 Å². The molecule has 0 saturated carbocycles. The van der Waals surface area contributed by atoms with E-state index in [-0.39, 0.29) is 34.2 Å². The molecule has 1 saturated heterocycles. The smallest absolute Gasteiger partial charge is 0.268 e. The van der Waals surface area contributed by atoms with E-state index in [0.717, 1.165) is 32.0 Å². The minimum Gasteiger partial charge on any atom is -0.367 e. The van der Waals surface area contributed by atoms with Crippen molar-refractivity contribution in [2.75, 3.05) is 38.2 Å². The molecule has 2 aliphatic rings. The zero-order chi connectivity index (χ0) is 25.7. The lowest BCUT2D eigenvalue weighted by molar-refractivity contribution is -0.123. The Labute approximate surface area is 213 Å². The maximum atomic E-state index is 15.1. The average Bonchev–Trinajstić information content (AvgIpc) is 3.33. The van der Waals surface area contributed by atoms with Gasteiger partial charge in [0, 0.05) is 13.1 Å². The van der Waals surface area contributed by atoms with E-state index in [1.54, 1.807) is 18.2 Å². The van der Waals surface area contributed by atoms with Crippen LogP contribution in [0.3, 0.4) is 0 Å². The molecule has 11 heteroatoms. The Hall–Kier alpha value is -3.34. The number of amides is 3. The van der Waals surface area contributed by atoms with Gasteiger partial charge >= 0.3 is 0 Å². The maximum Gasteiger partial charge on any atom is 0.268 e. The Kier molecular flexibility index (Phi) is 7.97. The number of primary amides is 1. The molecule has 0 bridgehead atoms. The summed E-state index contributed by atoms with van der Waals surface area (Å²) in [6.45, 7) is 3.01. The zero-order valence-corrected chi connectivity index (χ0v) is 20.4. The summed E-state index contributed by atoms with van der Waals surface area (Å²) < 4.78 is 15.1. The van der Waals surface area contributed by atoms with Gasteiger partial charge in [0.2, 0.25) is 5.91 Å². The molecule has 2 aromatic rings. The van der Waals surface area contributed by atoms with Crippen LogP contribution in [0.5, 0.6) is 0 Å². The second kappa shape index (κ2) is 11.2. The molecular weight excluding hydrogens is 487 g/mol. The molecule has 190 valence electrons. The summed E-state index contributed by atoms with van der Waals surface area (Å²) in [5.41, 5.74) is 3.96. The van der Waals surface area contributed by atoms with Crippen molar-refractivity contribution in [1.82, 2.24) is 15.5 Å². The number of benzene rings is 2. The Morgan fingerprint density at radius 2 is 1.86 bits per heavy atom. The molecule has 0 radical (unpaired) electrons. The number of piperidine rings is 1. The normalized spacial score (nSPS) is 20.0. The van der Waals surface area contributed by atoms with Crippen LogP contribution in [0, 0.1) is 5.82 Å². The van der Waals surface area contributed by atoms with Gasteiger partial charge in [-0.05, 0) is 55.8 Å². The number of carbonyl (C=O) groups is 3. The fourth-order valence-electron chi connectivity index (χ4n) is 4.55. The standard InChI is InChI=1S/C25H28ClFN6O3/c26-18-7-3-2-6-17(18)22(34)32-20-9-8-16(14-19(20)27)25(24(28)36)21(30-15-31-25)23(35)29-10-13-33-11-4-1-5-12-33/h2-3,6-9,14,31H,1,4-5,10-13,15H2,(H2,28,36)(H,29,35)(H,32,34). The van der Waals surface area contributed by atoms with E-state index in [1.807, 2.05) is 0 Å². The van der Waals surface area contributed by atoms with Gasteiger partial charge in [-0.15, -0.1) is 0 Å². The summed E-state index contributed by atoms with van der Waals surface area (Å²) in [6, 6.07) is 10.2. The highest BCUT2D eigenvalue weighted by Gasteiger charge is 2.49. The number of likely N-dealkylation sites (tertiary alicyclic amines) is 1. The summed E-state index contributed by atoms with van der Waals surface area (Å²) in [4.78, 5) is 44.6. The first kappa shape index (κ1) is 25.7. The molecule has 4 rings (SSSR count). The molecule has 5 N–H and O–H groups in total. The summed E-state index contributed by atoms with van der Waals surface area (Å²) in [5.74, 6) is -2.84. The molecule has 0 aromatic heterocycles. The van der Waals surface area contributed by atoms with E-state index >= 15 is 4.39 Å². The number of halogens is 2. The Morgan fingerprint density at radius 3 is 2.56 bits per heavy atom. The number of aliphatic imine (C=N–C) groups is 1. The molecule has 0 spiro atoms. The van der Waals surface area contributed by atoms with E-state index in [4.69, 9.17) is 17.3 Å². The second-order valence-corrected chi connectivity index (χ2v) is 9.15. The highest BCUT2D eigenvalue weighted by molar-refractivity contribution is 6.47. The second-order valence-electron chi connectivity index (χ2n) is 8.74. The first-order valence-corrected chi connectivity index (χ1v) is 12.2.